The zero-order valence-electron chi connectivity index (χ0n) is 16.8. The van der Waals surface area contributed by atoms with Crippen molar-refractivity contribution in [2.24, 2.45) is 0 Å². The van der Waals surface area contributed by atoms with Crippen LogP contribution in [0.2, 0.25) is 0 Å². The van der Waals surface area contributed by atoms with Crippen molar-refractivity contribution in [2.45, 2.75) is 57.4 Å². The van der Waals surface area contributed by atoms with Crippen LogP contribution in [0, 0.1) is 0 Å². The van der Waals surface area contributed by atoms with Gasteiger partial charge in [-0.25, -0.2) is 13.1 Å². The molecule has 0 unspecified atom stereocenters. The quantitative estimate of drug-likeness (QED) is 0.819. The maximum atomic E-state index is 12.5. The summed E-state index contributed by atoms with van der Waals surface area (Å²) in [5.74, 6) is -0.355. The number of nitrogens with one attached hydrogen (secondary N) is 2. The number of benzene rings is 2. The van der Waals surface area contributed by atoms with Gasteiger partial charge in [0.2, 0.25) is 10.0 Å². The van der Waals surface area contributed by atoms with E-state index in [-0.39, 0.29) is 21.8 Å². The molecule has 6 heteroatoms. The number of carbonyl (C=O) groups excluding carboxylic acids is 1. The van der Waals surface area contributed by atoms with Crippen LogP contribution in [-0.2, 0) is 15.4 Å². The van der Waals surface area contributed by atoms with Crippen LogP contribution < -0.4 is 10.0 Å². The van der Waals surface area contributed by atoms with Gasteiger partial charge in [-0.05, 0) is 62.1 Å². The molecule has 0 aromatic heterocycles. The molecule has 0 aliphatic heterocycles. The highest BCUT2D eigenvalue weighted by molar-refractivity contribution is 7.89. The van der Waals surface area contributed by atoms with E-state index in [1.54, 1.807) is 32.9 Å². The molecule has 1 amide bonds. The monoisotopic (exact) mass is 388 g/mol. The predicted octanol–water partition coefficient (Wildman–Crippen LogP) is 4.31. The second kappa shape index (κ2) is 7.44. The largest absolute Gasteiger partial charge is 0.322 e. The molecule has 2 rings (SSSR count). The van der Waals surface area contributed by atoms with Crippen molar-refractivity contribution in [3.63, 3.8) is 0 Å². The predicted molar refractivity (Wildman–Crippen MR) is 110 cm³/mol. The van der Waals surface area contributed by atoms with Crippen LogP contribution in [0.4, 0.5) is 5.69 Å². The molecule has 0 fully saturated rings. The Morgan fingerprint density at radius 3 is 2.00 bits per heavy atom. The van der Waals surface area contributed by atoms with Crippen LogP contribution in [0.1, 0.15) is 57.5 Å². The molecular formula is C21H28N2O3S. The van der Waals surface area contributed by atoms with Gasteiger partial charge in [-0.1, -0.05) is 39.0 Å². The molecule has 146 valence electrons. The second-order valence-electron chi connectivity index (χ2n) is 8.66. The van der Waals surface area contributed by atoms with Crippen LogP contribution in [0.3, 0.4) is 0 Å². The van der Waals surface area contributed by atoms with E-state index in [9.17, 15) is 13.2 Å². The van der Waals surface area contributed by atoms with Crippen molar-refractivity contribution < 1.29 is 13.2 Å². The zero-order valence-corrected chi connectivity index (χ0v) is 17.6. The van der Waals surface area contributed by atoms with Crippen LogP contribution >= 0.6 is 0 Å². The van der Waals surface area contributed by atoms with Crippen LogP contribution in [-0.4, -0.2) is 19.9 Å². The molecule has 0 atom stereocenters. The fourth-order valence-electron chi connectivity index (χ4n) is 2.52. The van der Waals surface area contributed by atoms with Crippen LogP contribution in [0.15, 0.2) is 53.4 Å². The topological polar surface area (TPSA) is 75.3 Å². The molecule has 2 aromatic rings. The molecule has 0 saturated heterocycles. The molecule has 5 nitrogen and oxygen atoms in total. The summed E-state index contributed by atoms with van der Waals surface area (Å²) in [6, 6.07) is 13.7. The number of amides is 1. The fourth-order valence-corrected chi connectivity index (χ4v) is 3.99. The lowest BCUT2D eigenvalue weighted by molar-refractivity contribution is 0.102. The van der Waals surface area contributed by atoms with Gasteiger partial charge in [-0.2, -0.15) is 0 Å². The molecule has 2 N–H and O–H groups in total. The standard InChI is InChI=1S/C21H28N2O3S/c1-20(2,3)16-10-12-17(13-11-16)22-19(24)15-8-7-9-18(14-15)27(25,26)23-21(4,5)6/h7-14,23H,1-6H3,(H,22,24). The van der Waals surface area contributed by atoms with Gasteiger partial charge in [-0.3, -0.25) is 4.79 Å². The number of anilines is 1. The Kier molecular flexibility index (Phi) is 5.82. The third-order valence-corrected chi connectivity index (χ3v) is 5.61. The summed E-state index contributed by atoms with van der Waals surface area (Å²) in [4.78, 5) is 12.6. The van der Waals surface area contributed by atoms with E-state index in [0.29, 0.717) is 5.69 Å². The van der Waals surface area contributed by atoms with E-state index >= 15 is 0 Å². The molecule has 0 heterocycles. The van der Waals surface area contributed by atoms with Crippen molar-refractivity contribution in [2.75, 3.05) is 5.32 Å². The molecule has 0 spiro atoms. The third kappa shape index (κ3) is 5.91. The molecule has 0 aliphatic rings. The third-order valence-electron chi connectivity index (χ3n) is 3.86. The Balaban J connectivity index is 2.20. The summed E-state index contributed by atoms with van der Waals surface area (Å²) < 4.78 is 27.5. The zero-order chi connectivity index (χ0) is 20.5. The van der Waals surface area contributed by atoms with Gasteiger partial charge in [0.1, 0.15) is 0 Å². The van der Waals surface area contributed by atoms with Gasteiger partial charge < -0.3 is 5.32 Å². The number of rotatable bonds is 4. The van der Waals surface area contributed by atoms with E-state index in [4.69, 9.17) is 0 Å². The van der Waals surface area contributed by atoms with Gasteiger partial charge in [-0.15, -0.1) is 0 Å². The summed E-state index contributed by atoms with van der Waals surface area (Å²) >= 11 is 0. The van der Waals surface area contributed by atoms with E-state index < -0.39 is 15.6 Å². The first-order valence-electron chi connectivity index (χ1n) is 8.84. The number of sulfonamides is 1. The molecule has 2 aromatic carbocycles. The van der Waals surface area contributed by atoms with Gasteiger partial charge in [0.25, 0.3) is 5.91 Å². The molecule has 0 saturated carbocycles. The van der Waals surface area contributed by atoms with E-state index in [1.807, 2.05) is 24.3 Å². The molecule has 27 heavy (non-hydrogen) atoms. The number of carbonyl (C=O) groups is 1. The first-order chi connectivity index (χ1) is 12.3. The summed E-state index contributed by atoms with van der Waals surface area (Å²) in [5.41, 5.74) is 1.54. The molecule has 0 bridgehead atoms. The first-order valence-corrected chi connectivity index (χ1v) is 10.3. The van der Waals surface area contributed by atoms with Gasteiger partial charge in [0.15, 0.2) is 0 Å². The highest BCUT2D eigenvalue weighted by atomic mass is 32.2. The Bertz CT molecular complexity index is 919. The summed E-state index contributed by atoms with van der Waals surface area (Å²) in [6.07, 6.45) is 0. The Labute approximate surface area is 162 Å². The number of hydrogen-bond acceptors (Lipinski definition) is 3. The van der Waals surface area contributed by atoms with E-state index in [0.717, 1.165) is 0 Å². The SMILES string of the molecule is CC(C)(C)NS(=O)(=O)c1cccc(C(=O)Nc2ccc(C(C)(C)C)cc2)c1. The van der Waals surface area contributed by atoms with Crippen molar-refractivity contribution in [1.29, 1.82) is 0 Å². The van der Waals surface area contributed by atoms with Crippen molar-refractivity contribution in [3.8, 4) is 0 Å². The lowest BCUT2D eigenvalue weighted by Crippen LogP contribution is -2.40. The summed E-state index contributed by atoms with van der Waals surface area (Å²) in [7, 11) is -3.70. The molecule has 0 radical (unpaired) electrons. The first kappa shape index (κ1) is 21.1. The van der Waals surface area contributed by atoms with Crippen molar-refractivity contribution in [3.05, 3.63) is 59.7 Å². The molecule has 0 aliphatic carbocycles. The maximum Gasteiger partial charge on any atom is 0.255 e. The lowest BCUT2D eigenvalue weighted by Gasteiger charge is -2.20. The van der Waals surface area contributed by atoms with Crippen LogP contribution in [0.5, 0.6) is 0 Å². The average molecular weight is 389 g/mol. The maximum absolute atomic E-state index is 12.5. The van der Waals surface area contributed by atoms with Gasteiger partial charge >= 0.3 is 0 Å². The smallest absolute Gasteiger partial charge is 0.255 e. The lowest BCUT2D eigenvalue weighted by atomic mass is 9.87. The number of hydrogen-bond donors (Lipinski definition) is 2. The minimum absolute atomic E-state index is 0.0330. The van der Waals surface area contributed by atoms with E-state index in [1.165, 1.54) is 17.7 Å². The van der Waals surface area contributed by atoms with Gasteiger partial charge in [0, 0.05) is 16.8 Å². The van der Waals surface area contributed by atoms with Crippen LogP contribution in [0.25, 0.3) is 0 Å². The Hall–Kier alpha value is -2.18. The Morgan fingerprint density at radius 2 is 1.48 bits per heavy atom. The van der Waals surface area contributed by atoms with Gasteiger partial charge in [0.05, 0.1) is 4.90 Å². The average Bonchev–Trinajstić information content (AvgIpc) is 2.52. The Morgan fingerprint density at radius 1 is 0.889 bits per heavy atom. The summed E-state index contributed by atoms with van der Waals surface area (Å²) in [5, 5.41) is 2.81. The van der Waals surface area contributed by atoms with Crippen molar-refractivity contribution in [1.82, 2.24) is 4.72 Å². The fraction of sp³-hybridized carbons (Fsp3) is 0.381. The normalized spacial score (nSPS) is 12.7. The molecular weight excluding hydrogens is 360 g/mol. The second-order valence-corrected chi connectivity index (χ2v) is 10.3. The minimum Gasteiger partial charge on any atom is -0.322 e. The highest BCUT2D eigenvalue weighted by Gasteiger charge is 2.23. The summed E-state index contributed by atoms with van der Waals surface area (Å²) in [6.45, 7) is 11.7. The highest BCUT2D eigenvalue weighted by Crippen LogP contribution is 2.24. The minimum atomic E-state index is -3.70. The van der Waals surface area contributed by atoms with Crippen molar-refractivity contribution >= 4 is 21.6 Å². The van der Waals surface area contributed by atoms with E-state index in [2.05, 4.69) is 30.8 Å².